The molecule has 0 amide bonds. The van der Waals surface area contributed by atoms with Gasteiger partial charge in [0.15, 0.2) is 0 Å². The average Bonchev–Trinajstić information content (AvgIpc) is 2.33. The van der Waals surface area contributed by atoms with Crippen molar-refractivity contribution < 1.29 is 12.8 Å². The molecule has 1 aromatic rings. The van der Waals surface area contributed by atoms with Crippen LogP contribution in [0.2, 0.25) is 0 Å². The largest absolute Gasteiger partial charge is 0.317 e. The summed E-state index contributed by atoms with van der Waals surface area (Å²) >= 11 is 3.02. The summed E-state index contributed by atoms with van der Waals surface area (Å²) in [5, 5.41) is 3.13. The van der Waals surface area contributed by atoms with Crippen LogP contribution in [0.3, 0.4) is 0 Å². The lowest BCUT2D eigenvalue weighted by molar-refractivity contribution is 0.593. The van der Waals surface area contributed by atoms with Crippen molar-refractivity contribution in [1.82, 2.24) is 5.32 Å². The smallest absolute Gasteiger partial charge is 0.232 e. The van der Waals surface area contributed by atoms with Crippen LogP contribution in [0.4, 0.5) is 10.1 Å². The number of nitrogens with one attached hydrogen (secondary N) is 2. The third-order valence-corrected chi connectivity index (χ3v) is 4.48. The lowest BCUT2D eigenvalue weighted by Crippen LogP contribution is -2.19. The maximum Gasteiger partial charge on any atom is 0.232 e. The molecule has 0 atom stereocenters. The van der Waals surface area contributed by atoms with E-state index in [-0.39, 0.29) is 11.4 Å². The first-order valence-electron chi connectivity index (χ1n) is 6.11. The Hall–Kier alpha value is -0.660. The number of halogens is 2. The van der Waals surface area contributed by atoms with E-state index in [0.29, 0.717) is 10.9 Å². The number of hydrogen-bond donors (Lipinski definition) is 2. The Balaban J connectivity index is 2.47. The van der Waals surface area contributed by atoms with E-state index in [1.54, 1.807) is 0 Å². The molecule has 0 aliphatic rings. The third kappa shape index (κ3) is 6.35. The zero-order valence-electron chi connectivity index (χ0n) is 10.7. The van der Waals surface area contributed by atoms with Crippen LogP contribution in [-0.4, -0.2) is 27.3 Å². The molecule has 0 aromatic heterocycles. The first-order valence-corrected chi connectivity index (χ1v) is 8.55. The minimum absolute atomic E-state index is 0.0378. The lowest BCUT2D eigenvalue weighted by Gasteiger charge is -2.08. The lowest BCUT2D eigenvalue weighted by atomic mass is 10.3. The summed E-state index contributed by atoms with van der Waals surface area (Å²) < 4.78 is 39.5. The number of anilines is 1. The van der Waals surface area contributed by atoms with Crippen LogP contribution >= 0.6 is 15.9 Å². The van der Waals surface area contributed by atoms with Gasteiger partial charge in [-0.1, -0.05) is 6.92 Å². The average molecular weight is 353 g/mol. The van der Waals surface area contributed by atoms with E-state index in [1.165, 1.54) is 12.1 Å². The quantitative estimate of drug-likeness (QED) is 0.707. The van der Waals surface area contributed by atoms with Gasteiger partial charge < -0.3 is 5.32 Å². The number of sulfonamides is 1. The van der Waals surface area contributed by atoms with E-state index < -0.39 is 15.8 Å². The molecule has 0 aliphatic carbocycles. The van der Waals surface area contributed by atoms with Crippen molar-refractivity contribution in [2.75, 3.05) is 23.6 Å². The topological polar surface area (TPSA) is 58.2 Å². The Bertz CT molecular complexity index is 508. The number of hydrogen-bond acceptors (Lipinski definition) is 3. The molecule has 1 aromatic carbocycles. The summed E-state index contributed by atoms with van der Waals surface area (Å²) in [5.74, 6) is -0.455. The van der Waals surface area contributed by atoms with Gasteiger partial charge in [-0.05, 0) is 60.1 Å². The first-order chi connectivity index (χ1) is 8.94. The van der Waals surface area contributed by atoms with E-state index in [2.05, 4.69) is 26.0 Å². The molecule has 0 saturated heterocycles. The van der Waals surface area contributed by atoms with Gasteiger partial charge in [-0.15, -0.1) is 0 Å². The molecule has 0 fully saturated rings. The highest BCUT2D eigenvalue weighted by Gasteiger charge is 2.11. The predicted octanol–water partition coefficient (Wildman–Crippen LogP) is 2.72. The van der Waals surface area contributed by atoms with E-state index in [0.717, 1.165) is 25.6 Å². The minimum atomic E-state index is -3.41. The van der Waals surface area contributed by atoms with Gasteiger partial charge in [0, 0.05) is 0 Å². The fourth-order valence-corrected chi connectivity index (χ4v) is 2.93. The van der Waals surface area contributed by atoms with Crippen LogP contribution in [0.25, 0.3) is 0 Å². The molecule has 4 nitrogen and oxygen atoms in total. The zero-order valence-corrected chi connectivity index (χ0v) is 13.2. The van der Waals surface area contributed by atoms with Crippen LogP contribution in [0.5, 0.6) is 0 Å². The zero-order chi connectivity index (χ0) is 14.3. The van der Waals surface area contributed by atoms with Gasteiger partial charge in [-0.3, -0.25) is 4.72 Å². The Morgan fingerprint density at radius 3 is 2.68 bits per heavy atom. The standard InChI is InChI=1S/C12H18BrFN2O2S/c1-2-15-7-3-4-8-19(17,18)16-10-5-6-11(13)12(14)9-10/h5-6,9,15-16H,2-4,7-8H2,1H3. The number of benzene rings is 1. The molecular weight excluding hydrogens is 335 g/mol. The molecule has 19 heavy (non-hydrogen) atoms. The molecule has 0 radical (unpaired) electrons. The second-order valence-corrected chi connectivity index (χ2v) is 6.81. The summed E-state index contributed by atoms with van der Waals surface area (Å²) in [6.07, 6.45) is 1.37. The molecule has 108 valence electrons. The monoisotopic (exact) mass is 352 g/mol. The molecule has 0 bridgehead atoms. The van der Waals surface area contributed by atoms with Crippen LogP contribution in [-0.2, 0) is 10.0 Å². The van der Waals surface area contributed by atoms with Gasteiger partial charge in [0.25, 0.3) is 0 Å². The van der Waals surface area contributed by atoms with Crippen molar-refractivity contribution in [2.45, 2.75) is 19.8 Å². The van der Waals surface area contributed by atoms with Crippen molar-refractivity contribution in [2.24, 2.45) is 0 Å². The molecule has 0 aliphatic heterocycles. The summed E-state index contributed by atoms with van der Waals surface area (Å²) in [4.78, 5) is 0. The molecule has 0 spiro atoms. The Morgan fingerprint density at radius 1 is 1.32 bits per heavy atom. The summed E-state index contributed by atoms with van der Waals surface area (Å²) in [6, 6.07) is 4.14. The van der Waals surface area contributed by atoms with Crippen LogP contribution < -0.4 is 10.0 Å². The Kier molecular flexibility index (Phi) is 6.74. The summed E-state index contributed by atoms with van der Waals surface area (Å²) in [5.41, 5.74) is 0.243. The summed E-state index contributed by atoms with van der Waals surface area (Å²) in [7, 11) is -3.41. The van der Waals surface area contributed by atoms with Crippen molar-refractivity contribution in [3.05, 3.63) is 28.5 Å². The van der Waals surface area contributed by atoms with Gasteiger partial charge in [-0.2, -0.15) is 0 Å². The SMILES string of the molecule is CCNCCCCS(=O)(=O)Nc1ccc(Br)c(F)c1. The maximum atomic E-state index is 13.3. The van der Waals surface area contributed by atoms with Crippen LogP contribution in [0, 0.1) is 5.82 Å². The Morgan fingerprint density at radius 2 is 2.05 bits per heavy atom. The van der Waals surface area contributed by atoms with Crippen LogP contribution in [0.15, 0.2) is 22.7 Å². The maximum absolute atomic E-state index is 13.3. The fourth-order valence-electron chi connectivity index (χ4n) is 1.51. The molecule has 0 heterocycles. The van der Waals surface area contributed by atoms with E-state index in [1.807, 2.05) is 6.92 Å². The molecule has 1 rings (SSSR count). The van der Waals surface area contributed by atoms with Gasteiger partial charge >= 0.3 is 0 Å². The second-order valence-electron chi connectivity index (χ2n) is 4.11. The second kappa shape index (κ2) is 7.81. The van der Waals surface area contributed by atoms with E-state index in [4.69, 9.17) is 0 Å². The highest BCUT2D eigenvalue weighted by molar-refractivity contribution is 9.10. The third-order valence-electron chi connectivity index (χ3n) is 2.46. The normalized spacial score (nSPS) is 11.5. The van der Waals surface area contributed by atoms with E-state index >= 15 is 0 Å². The molecular formula is C12H18BrFN2O2S. The van der Waals surface area contributed by atoms with Crippen molar-refractivity contribution in [3.8, 4) is 0 Å². The summed E-state index contributed by atoms with van der Waals surface area (Å²) in [6.45, 7) is 3.68. The fraction of sp³-hybridized carbons (Fsp3) is 0.500. The van der Waals surface area contributed by atoms with Gasteiger partial charge in [0.05, 0.1) is 15.9 Å². The van der Waals surface area contributed by atoms with Gasteiger partial charge in [0.1, 0.15) is 5.82 Å². The molecule has 0 saturated carbocycles. The highest BCUT2D eigenvalue weighted by atomic mass is 79.9. The Labute approximate surface area is 122 Å². The molecule has 2 N–H and O–H groups in total. The van der Waals surface area contributed by atoms with E-state index in [9.17, 15) is 12.8 Å². The van der Waals surface area contributed by atoms with Crippen LogP contribution in [0.1, 0.15) is 19.8 Å². The first kappa shape index (κ1) is 16.4. The van der Waals surface area contributed by atoms with Crippen molar-refractivity contribution in [1.29, 1.82) is 0 Å². The van der Waals surface area contributed by atoms with Gasteiger partial charge in [0.2, 0.25) is 10.0 Å². The minimum Gasteiger partial charge on any atom is -0.317 e. The van der Waals surface area contributed by atoms with Gasteiger partial charge in [-0.25, -0.2) is 12.8 Å². The highest BCUT2D eigenvalue weighted by Crippen LogP contribution is 2.20. The predicted molar refractivity (Wildman–Crippen MR) is 79.3 cm³/mol. The number of rotatable bonds is 8. The molecule has 0 unspecified atom stereocenters. The number of unbranched alkanes of at least 4 members (excludes halogenated alkanes) is 1. The van der Waals surface area contributed by atoms with Crippen molar-refractivity contribution >= 4 is 31.6 Å². The molecule has 7 heteroatoms. The van der Waals surface area contributed by atoms with Crippen molar-refractivity contribution in [3.63, 3.8) is 0 Å².